The zero-order valence-electron chi connectivity index (χ0n) is 16.7. The number of anilines is 1. The average molecular weight is 412 g/mol. The fourth-order valence-corrected chi connectivity index (χ4v) is 3.61. The number of rotatable bonds is 5. The Morgan fingerprint density at radius 1 is 1.28 bits per heavy atom. The molecule has 1 aliphatic rings. The number of carbonyl (C=O) groups is 1. The summed E-state index contributed by atoms with van der Waals surface area (Å²) in [7, 11) is 0. The van der Waals surface area contributed by atoms with Crippen LogP contribution < -0.4 is 20.7 Å². The van der Waals surface area contributed by atoms with E-state index in [-0.39, 0.29) is 11.7 Å². The number of carbonyl (C=O) groups excluding carboxylic acids is 1. The maximum Gasteiger partial charge on any atom is 0.235 e. The number of hydrogen-bond acceptors (Lipinski definition) is 4. The van der Waals surface area contributed by atoms with E-state index in [0.717, 1.165) is 22.4 Å². The first-order valence-corrected chi connectivity index (χ1v) is 9.81. The fraction of sp³-hybridized carbons (Fsp3) is 0.273. The Bertz CT molecular complexity index is 974. The van der Waals surface area contributed by atoms with Crippen molar-refractivity contribution in [1.82, 2.24) is 10.6 Å². The summed E-state index contributed by atoms with van der Waals surface area (Å²) in [5.74, 6) is -0.430. The molecular weight excluding hydrogens is 386 g/mol. The van der Waals surface area contributed by atoms with Gasteiger partial charge in [-0.3, -0.25) is 4.79 Å². The van der Waals surface area contributed by atoms with Crippen molar-refractivity contribution in [2.24, 2.45) is 5.92 Å². The molecule has 2 atom stereocenters. The van der Waals surface area contributed by atoms with Crippen molar-refractivity contribution in [2.45, 2.75) is 26.8 Å². The SMILES string of the molecule is C=C1NC(=S)N[C@H](c2ccc(O)c(OCC)c2)[C@H]1C(=O)Nc1cc(C)ccc1C. The summed E-state index contributed by atoms with van der Waals surface area (Å²) >= 11 is 5.28. The van der Waals surface area contributed by atoms with Crippen molar-refractivity contribution < 1.29 is 14.6 Å². The lowest BCUT2D eigenvalue weighted by Crippen LogP contribution is -2.51. The summed E-state index contributed by atoms with van der Waals surface area (Å²) in [5.41, 5.74) is 4.06. The van der Waals surface area contributed by atoms with Crippen molar-refractivity contribution >= 4 is 28.9 Å². The van der Waals surface area contributed by atoms with Gasteiger partial charge in [-0.1, -0.05) is 24.8 Å². The van der Waals surface area contributed by atoms with Crippen LogP contribution in [0.25, 0.3) is 0 Å². The lowest BCUT2D eigenvalue weighted by atomic mass is 9.88. The zero-order valence-corrected chi connectivity index (χ0v) is 17.5. The van der Waals surface area contributed by atoms with Gasteiger partial charge in [0.2, 0.25) is 5.91 Å². The molecule has 152 valence electrons. The lowest BCUT2D eigenvalue weighted by Gasteiger charge is -2.35. The molecule has 3 rings (SSSR count). The number of phenolic OH excluding ortho intramolecular Hbond substituents is 1. The third kappa shape index (κ3) is 4.51. The summed E-state index contributed by atoms with van der Waals surface area (Å²) in [6, 6.07) is 10.5. The predicted molar refractivity (Wildman–Crippen MR) is 118 cm³/mol. The topological polar surface area (TPSA) is 82.6 Å². The van der Waals surface area contributed by atoms with E-state index in [1.807, 2.05) is 39.0 Å². The molecule has 1 aliphatic heterocycles. The number of benzene rings is 2. The van der Waals surface area contributed by atoms with Crippen LogP contribution >= 0.6 is 12.2 Å². The minimum absolute atomic E-state index is 0.0438. The third-order valence-corrected chi connectivity index (χ3v) is 5.07. The highest BCUT2D eigenvalue weighted by molar-refractivity contribution is 7.80. The quantitative estimate of drug-likeness (QED) is 0.562. The smallest absolute Gasteiger partial charge is 0.235 e. The molecule has 7 heteroatoms. The molecule has 0 aromatic heterocycles. The van der Waals surface area contributed by atoms with E-state index in [1.165, 1.54) is 0 Å². The lowest BCUT2D eigenvalue weighted by molar-refractivity contribution is -0.119. The monoisotopic (exact) mass is 411 g/mol. The van der Waals surface area contributed by atoms with E-state index in [2.05, 4.69) is 22.5 Å². The molecule has 2 aromatic rings. The molecule has 0 bridgehead atoms. The number of amides is 1. The summed E-state index contributed by atoms with van der Waals surface area (Å²) in [6.07, 6.45) is 0. The van der Waals surface area contributed by atoms with Gasteiger partial charge in [0.05, 0.1) is 12.6 Å². The Labute approximate surface area is 176 Å². The van der Waals surface area contributed by atoms with Crippen LogP contribution in [0.3, 0.4) is 0 Å². The third-order valence-electron chi connectivity index (χ3n) is 4.85. The first-order valence-electron chi connectivity index (χ1n) is 9.40. The van der Waals surface area contributed by atoms with Crippen LogP contribution in [0.5, 0.6) is 11.5 Å². The van der Waals surface area contributed by atoms with Gasteiger partial charge in [0.1, 0.15) is 5.92 Å². The van der Waals surface area contributed by atoms with Crippen LogP contribution in [0.15, 0.2) is 48.7 Å². The largest absolute Gasteiger partial charge is 0.504 e. The van der Waals surface area contributed by atoms with Crippen molar-refractivity contribution in [1.29, 1.82) is 0 Å². The Hall–Kier alpha value is -3.06. The van der Waals surface area contributed by atoms with Crippen LogP contribution in [0, 0.1) is 19.8 Å². The van der Waals surface area contributed by atoms with Crippen LogP contribution in [0.2, 0.25) is 0 Å². The van der Waals surface area contributed by atoms with Gasteiger partial charge >= 0.3 is 0 Å². The van der Waals surface area contributed by atoms with E-state index in [9.17, 15) is 9.90 Å². The van der Waals surface area contributed by atoms with Crippen LogP contribution in [-0.4, -0.2) is 22.7 Å². The molecule has 1 saturated heterocycles. The molecule has 1 heterocycles. The van der Waals surface area contributed by atoms with E-state index in [4.69, 9.17) is 17.0 Å². The van der Waals surface area contributed by atoms with Gasteiger partial charge in [-0.2, -0.15) is 0 Å². The number of phenols is 1. The first kappa shape index (κ1) is 20.7. The highest BCUT2D eigenvalue weighted by Crippen LogP contribution is 2.35. The summed E-state index contributed by atoms with van der Waals surface area (Å²) in [4.78, 5) is 13.2. The molecule has 0 unspecified atom stereocenters. The number of nitrogens with one attached hydrogen (secondary N) is 3. The second kappa shape index (κ2) is 8.53. The molecule has 4 N–H and O–H groups in total. The minimum atomic E-state index is -0.624. The number of hydrogen-bond donors (Lipinski definition) is 4. The van der Waals surface area contributed by atoms with E-state index < -0.39 is 12.0 Å². The van der Waals surface area contributed by atoms with E-state index in [0.29, 0.717) is 23.2 Å². The molecule has 1 amide bonds. The molecule has 0 spiro atoms. The van der Waals surface area contributed by atoms with Gasteiger partial charge in [0.25, 0.3) is 0 Å². The molecule has 1 fully saturated rings. The Balaban J connectivity index is 1.95. The second-order valence-corrected chi connectivity index (χ2v) is 7.46. The number of aromatic hydroxyl groups is 1. The van der Waals surface area contributed by atoms with Gasteiger partial charge in [-0.25, -0.2) is 0 Å². The standard InChI is InChI=1S/C22H25N3O3S/c1-5-28-18-11-15(8-9-17(18)26)20-19(14(4)23-22(29)25-20)21(27)24-16-10-12(2)6-7-13(16)3/h6-11,19-20,26H,4-5H2,1-3H3,(H,24,27)(H2,23,25,29)/t19-,20+/m0/s1. The average Bonchev–Trinajstić information content (AvgIpc) is 2.66. The fourth-order valence-electron chi connectivity index (χ4n) is 3.35. The van der Waals surface area contributed by atoms with Gasteiger partial charge in [-0.05, 0) is 67.9 Å². The summed E-state index contributed by atoms with van der Waals surface area (Å²) in [5, 5.41) is 19.5. The molecule has 0 aliphatic carbocycles. The van der Waals surface area contributed by atoms with Crippen LogP contribution in [0.4, 0.5) is 5.69 Å². The Kier molecular flexibility index (Phi) is 6.08. The summed E-state index contributed by atoms with van der Waals surface area (Å²) in [6.45, 7) is 10.2. The highest BCUT2D eigenvalue weighted by atomic mass is 32.1. The minimum Gasteiger partial charge on any atom is -0.504 e. The zero-order chi connectivity index (χ0) is 21.1. The highest BCUT2D eigenvalue weighted by Gasteiger charge is 2.37. The van der Waals surface area contributed by atoms with Gasteiger partial charge in [0, 0.05) is 11.4 Å². The number of aryl methyl sites for hydroxylation is 2. The molecule has 0 radical (unpaired) electrons. The second-order valence-electron chi connectivity index (χ2n) is 7.05. The van der Waals surface area contributed by atoms with Gasteiger partial charge < -0.3 is 25.8 Å². The maximum absolute atomic E-state index is 13.2. The van der Waals surface area contributed by atoms with Crippen molar-refractivity contribution in [3.8, 4) is 11.5 Å². The van der Waals surface area contributed by atoms with E-state index >= 15 is 0 Å². The van der Waals surface area contributed by atoms with E-state index in [1.54, 1.807) is 18.2 Å². The van der Waals surface area contributed by atoms with Crippen LogP contribution in [-0.2, 0) is 4.79 Å². The maximum atomic E-state index is 13.2. The molecule has 0 saturated carbocycles. The Morgan fingerprint density at radius 3 is 2.76 bits per heavy atom. The number of ether oxygens (including phenoxy) is 1. The summed E-state index contributed by atoms with van der Waals surface area (Å²) < 4.78 is 5.49. The Morgan fingerprint density at radius 2 is 2.03 bits per heavy atom. The first-order chi connectivity index (χ1) is 13.8. The van der Waals surface area contributed by atoms with Gasteiger partial charge in [-0.15, -0.1) is 0 Å². The van der Waals surface area contributed by atoms with Crippen molar-refractivity contribution in [2.75, 3.05) is 11.9 Å². The molecule has 2 aromatic carbocycles. The van der Waals surface area contributed by atoms with Crippen molar-refractivity contribution in [3.63, 3.8) is 0 Å². The molecule has 6 nitrogen and oxygen atoms in total. The van der Waals surface area contributed by atoms with Crippen LogP contribution in [0.1, 0.15) is 29.7 Å². The molecule has 29 heavy (non-hydrogen) atoms. The van der Waals surface area contributed by atoms with Crippen molar-refractivity contribution in [3.05, 3.63) is 65.4 Å². The predicted octanol–water partition coefficient (Wildman–Crippen LogP) is 3.70. The van der Waals surface area contributed by atoms with Gasteiger partial charge in [0.15, 0.2) is 16.6 Å². The molecular formula is C22H25N3O3S. The normalized spacial score (nSPS) is 18.6. The number of thiocarbonyl (C=S) groups is 1.